The van der Waals surface area contributed by atoms with E-state index in [0.717, 1.165) is 32.1 Å². The van der Waals surface area contributed by atoms with Crippen LogP contribution in [0.25, 0.3) is 0 Å². The van der Waals surface area contributed by atoms with Crippen molar-refractivity contribution in [1.82, 2.24) is 0 Å². The minimum atomic E-state index is 0.0663. The van der Waals surface area contributed by atoms with Crippen LogP contribution in [-0.2, 0) is 9.93 Å². The van der Waals surface area contributed by atoms with Gasteiger partial charge in [0.25, 0.3) is 0 Å². The van der Waals surface area contributed by atoms with E-state index in [1.165, 1.54) is 25.7 Å². The van der Waals surface area contributed by atoms with Gasteiger partial charge in [0.2, 0.25) is 0 Å². The Labute approximate surface area is 93.6 Å². The number of unbranched alkanes of at least 4 members (excludes halogenated alkanes) is 5. The van der Waals surface area contributed by atoms with E-state index in [0.29, 0.717) is 0 Å². The van der Waals surface area contributed by atoms with Gasteiger partial charge in [0.1, 0.15) is 0 Å². The average molecular weight is 218 g/mol. The molecule has 1 unspecified atom stereocenters. The van der Waals surface area contributed by atoms with Crippen molar-refractivity contribution >= 4 is 0 Å². The van der Waals surface area contributed by atoms with Crippen molar-refractivity contribution in [2.24, 2.45) is 0 Å². The van der Waals surface area contributed by atoms with E-state index in [1.54, 1.807) is 0 Å². The first-order valence-electron chi connectivity index (χ1n) is 6.32. The zero-order valence-electron chi connectivity index (χ0n) is 10.2. The van der Waals surface area contributed by atoms with Gasteiger partial charge >= 0.3 is 0 Å². The Morgan fingerprint density at radius 1 is 0.867 bits per heavy atom. The summed E-state index contributed by atoms with van der Waals surface area (Å²) in [4.78, 5) is 4.81. The largest absolute Gasteiger partial charge is 0.221 e. The highest BCUT2D eigenvalue weighted by molar-refractivity contribution is 4.57. The molecule has 0 rings (SSSR count). The van der Waals surface area contributed by atoms with Gasteiger partial charge in [0, 0.05) is 0 Å². The maximum Gasteiger partial charge on any atom is 0.0961 e. The lowest BCUT2D eigenvalue weighted by molar-refractivity contribution is -0.507. The molecule has 0 aliphatic rings. The smallest absolute Gasteiger partial charge is 0.0961 e. The number of hydrogen-bond acceptors (Lipinski definition) is 3. The van der Waals surface area contributed by atoms with Gasteiger partial charge in [-0.3, -0.25) is 0 Å². The van der Waals surface area contributed by atoms with E-state index in [1.807, 2.05) is 0 Å². The lowest BCUT2D eigenvalue weighted by Gasteiger charge is -2.13. The molecule has 3 heteroatoms. The molecule has 92 valence electrons. The summed E-state index contributed by atoms with van der Waals surface area (Å²) in [5.41, 5.74) is 0. The molecular formula is C12H26O3. The Morgan fingerprint density at radius 3 is 2.07 bits per heavy atom. The van der Waals surface area contributed by atoms with Crippen LogP contribution >= 0.6 is 0 Å². The molecule has 0 fully saturated rings. The lowest BCUT2D eigenvalue weighted by Crippen LogP contribution is -2.12. The van der Waals surface area contributed by atoms with E-state index in [9.17, 15) is 0 Å². The molecule has 0 aromatic heterocycles. The highest BCUT2D eigenvalue weighted by Crippen LogP contribution is 2.14. The quantitative estimate of drug-likeness (QED) is 0.319. The first kappa shape index (κ1) is 14.9. The normalized spacial score (nSPS) is 13.0. The van der Waals surface area contributed by atoms with Crippen LogP contribution in [0.3, 0.4) is 0 Å². The van der Waals surface area contributed by atoms with Gasteiger partial charge in [0.05, 0.1) is 6.10 Å². The topological polar surface area (TPSA) is 38.7 Å². The molecule has 0 aromatic rings. The summed E-state index contributed by atoms with van der Waals surface area (Å²) in [6, 6.07) is 0. The summed E-state index contributed by atoms with van der Waals surface area (Å²) < 4.78 is 0. The van der Waals surface area contributed by atoms with Crippen molar-refractivity contribution < 1.29 is 15.2 Å². The molecule has 15 heavy (non-hydrogen) atoms. The van der Waals surface area contributed by atoms with Gasteiger partial charge in [-0.15, -0.1) is 0 Å². The Kier molecular flexibility index (Phi) is 11.9. The second-order valence-corrected chi connectivity index (χ2v) is 4.14. The molecular weight excluding hydrogens is 192 g/mol. The zero-order valence-corrected chi connectivity index (χ0v) is 10.2. The molecule has 0 heterocycles. The van der Waals surface area contributed by atoms with Gasteiger partial charge in [-0.2, -0.15) is 0 Å². The van der Waals surface area contributed by atoms with Crippen LogP contribution in [-0.4, -0.2) is 11.4 Å². The predicted molar refractivity (Wildman–Crippen MR) is 61.5 cm³/mol. The molecule has 0 aliphatic heterocycles. The second kappa shape index (κ2) is 12.0. The number of rotatable bonds is 11. The fourth-order valence-corrected chi connectivity index (χ4v) is 1.71. The molecule has 0 bridgehead atoms. The lowest BCUT2D eigenvalue weighted by atomic mass is 10.0. The van der Waals surface area contributed by atoms with Crippen LogP contribution in [0.5, 0.6) is 0 Å². The highest BCUT2D eigenvalue weighted by atomic mass is 17.5. The maximum absolute atomic E-state index is 8.25. The Morgan fingerprint density at radius 2 is 1.47 bits per heavy atom. The van der Waals surface area contributed by atoms with Crippen molar-refractivity contribution in [1.29, 1.82) is 0 Å². The average Bonchev–Trinajstić information content (AvgIpc) is 2.25. The van der Waals surface area contributed by atoms with Crippen LogP contribution in [0.2, 0.25) is 0 Å². The van der Waals surface area contributed by atoms with Gasteiger partial charge in [-0.1, -0.05) is 63.8 Å². The second-order valence-electron chi connectivity index (χ2n) is 4.14. The summed E-state index contributed by atoms with van der Waals surface area (Å²) in [5.74, 6) is 0. The predicted octanol–water partition coefficient (Wildman–Crippen LogP) is 4.33. The Hall–Kier alpha value is -0.120. The first-order valence-corrected chi connectivity index (χ1v) is 6.32. The van der Waals surface area contributed by atoms with Crippen molar-refractivity contribution in [3.8, 4) is 0 Å². The van der Waals surface area contributed by atoms with Gasteiger partial charge in [-0.05, 0) is 12.8 Å². The molecule has 1 N–H and O–H groups in total. The summed E-state index contributed by atoms with van der Waals surface area (Å²) >= 11 is 0. The van der Waals surface area contributed by atoms with Gasteiger partial charge in [-0.25, -0.2) is 10.1 Å². The molecule has 0 saturated heterocycles. The minimum Gasteiger partial charge on any atom is -0.221 e. The van der Waals surface area contributed by atoms with Crippen molar-refractivity contribution in [3.05, 3.63) is 0 Å². The van der Waals surface area contributed by atoms with Crippen LogP contribution in [0, 0.1) is 0 Å². The summed E-state index contributed by atoms with van der Waals surface area (Å²) in [6.45, 7) is 4.37. The first-order chi connectivity index (χ1) is 7.35. The van der Waals surface area contributed by atoms with Crippen molar-refractivity contribution in [2.45, 2.75) is 77.7 Å². The summed E-state index contributed by atoms with van der Waals surface area (Å²) in [6.07, 6.45) is 10.6. The molecule has 0 spiro atoms. The van der Waals surface area contributed by atoms with Gasteiger partial charge < -0.3 is 0 Å². The van der Waals surface area contributed by atoms with E-state index in [-0.39, 0.29) is 6.10 Å². The minimum absolute atomic E-state index is 0.0663. The van der Waals surface area contributed by atoms with E-state index >= 15 is 0 Å². The number of hydrogen-bond donors (Lipinski definition) is 1. The maximum atomic E-state index is 8.25. The third-order valence-corrected chi connectivity index (χ3v) is 2.69. The fraction of sp³-hybridized carbons (Fsp3) is 1.00. The molecule has 0 saturated carbocycles. The van der Waals surface area contributed by atoms with Crippen molar-refractivity contribution in [3.63, 3.8) is 0 Å². The Balaban J connectivity index is 3.38. The van der Waals surface area contributed by atoms with E-state index in [2.05, 4.69) is 18.9 Å². The van der Waals surface area contributed by atoms with Gasteiger partial charge in [0.15, 0.2) is 0 Å². The van der Waals surface area contributed by atoms with Crippen molar-refractivity contribution in [2.75, 3.05) is 0 Å². The molecule has 0 aliphatic carbocycles. The SMILES string of the molecule is CCCCCCCC(CCCC)OOO. The monoisotopic (exact) mass is 218 g/mol. The third kappa shape index (κ3) is 10.2. The fourth-order valence-electron chi connectivity index (χ4n) is 1.71. The summed E-state index contributed by atoms with van der Waals surface area (Å²) in [7, 11) is 0. The standard InChI is InChI=1S/C12H26O3/c1-3-5-7-8-9-11-12(14-15-13)10-6-4-2/h12-13H,3-11H2,1-2H3. The highest BCUT2D eigenvalue weighted by Gasteiger charge is 2.09. The molecule has 1 atom stereocenters. The van der Waals surface area contributed by atoms with Crippen LogP contribution in [0.1, 0.15) is 71.6 Å². The molecule has 3 nitrogen and oxygen atoms in total. The third-order valence-electron chi connectivity index (χ3n) is 2.69. The van der Waals surface area contributed by atoms with E-state index in [4.69, 9.17) is 10.1 Å². The summed E-state index contributed by atoms with van der Waals surface area (Å²) in [5, 5.41) is 12.0. The van der Waals surface area contributed by atoms with Crippen LogP contribution < -0.4 is 0 Å². The zero-order chi connectivity index (χ0) is 11.4. The molecule has 0 amide bonds. The van der Waals surface area contributed by atoms with E-state index < -0.39 is 0 Å². The molecule has 0 radical (unpaired) electrons. The molecule has 0 aromatic carbocycles. The Bertz CT molecular complexity index is 117. The van der Waals surface area contributed by atoms with Crippen LogP contribution in [0.15, 0.2) is 0 Å². The van der Waals surface area contributed by atoms with Crippen LogP contribution in [0.4, 0.5) is 0 Å².